The smallest absolute Gasteiger partial charge is 0.277 e. The number of aromatic nitrogens is 2. The standard InChI is InChI=1S/C22H24N4O3S/c1-25-12-13-26(19(14-25)16-6-4-3-5-7-16)20(27)15-30-22-24-23-21(29-22)17-8-10-18(28-2)11-9-17/h3-11,19H,12-15H2,1-2H3. The van der Waals surface area contributed by atoms with Gasteiger partial charge in [0.1, 0.15) is 5.75 Å². The highest BCUT2D eigenvalue weighted by molar-refractivity contribution is 7.99. The molecule has 1 aliphatic heterocycles. The van der Waals surface area contributed by atoms with Crippen LogP contribution < -0.4 is 4.74 Å². The molecule has 0 aliphatic carbocycles. The number of rotatable bonds is 6. The summed E-state index contributed by atoms with van der Waals surface area (Å²) in [4.78, 5) is 17.2. The summed E-state index contributed by atoms with van der Waals surface area (Å²) in [5.41, 5.74) is 1.96. The fourth-order valence-electron chi connectivity index (χ4n) is 3.50. The van der Waals surface area contributed by atoms with E-state index < -0.39 is 0 Å². The van der Waals surface area contributed by atoms with Crippen LogP contribution in [0.1, 0.15) is 11.6 Å². The Kier molecular flexibility index (Phi) is 6.35. The number of piperazine rings is 1. The molecule has 4 rings (SSSR count). The molecule has 8 heteroatoms. The van der Waals surface area contributed by atoms with Crippen LogP contribution in [0, 0.1) is 0 Å². The predicted molar refractivity (Wildman–Crippen MR) is 115 cm³/mol. The van der Waals surface area contributed by atoms with E-state index in [2.05, 4.69) is 34.3 Å². The Labute approximate surface area is 180 Å². The number of methoxy groups -OCH3 is 1. The summed E-state index contributed by atoms with van der Waals surface area (Å²) in [6.07, 6.45) is 0. The molecular weight excluding hydrogens is 400 g/mol. The molecule has 0 N–H and O–H groups in total. The molecule has 1 amide bonds. The van der Waals surface area contributed by atoms with Gasteiger partial charge in [-0.2, -0.15) is 0 Å². The summed E-state index contributed by atoms with van der Waals surface area (Å²) in [5.74, 6) is 1.52. The lowest BCUT2D eigenvalue weighted by Crippen LogP contribution is -2.49. The van der Waals surface area contributed by atoms with Gasteiger partial charge < -0.3 is 19.0 Å². The minimum absolute atomic E-state index is 0.0515. The molecule has 2 heterocycles. The largest absolute Gasteiger partial charge is 0.497 e. The van der Waals surface area contributed by atoms with Gasteiger partial charge in [-0.05, 0) is 36.9 Å². The van der Waals surface area contributed by atoms with Crippen molar-refractivity contribution < 1.29 is 13.9 Å². The number of hydrogen-bond donors (Lipinski definition) is 0. The van der Waals surface area contributed by atoms with E-state index in [4.69, 9.17) is 9.15 Å². The number of likely N-dealkylation sites (N-methyl/N-ethyl adjacent to an activating group) is 1. The zero-order valence-electron chi connectivity index (χ0n) is 17.0. The van der Waals surface area contributed by atoms with E-state index in [0.717, 1.165) is 30.0 Å². The van der Waals surface area contributed by atoms with Crippen LogP contribution in [0.4, 0.5) is 0 Å². The zero-order valence-corrected chi connectivity index (χ0v) is 17.8. The third kappa shape index (κ3) is 4.66. The third-order valence-electron chi connectivity index (χ3n) is 5.15. The van der Waals surface area contributed by atoms with Crippen LogP contribution >= 0.6 is 11.8 Å². The molecule has 2 aromatic carbocycles. The molecular formula is C22H24N4O3S. The minimum Gasteiger partial charge on any atom is -0.497 e. The van der Waals surface area contributed by atoms with Gasteiger partial charge >= 0.3 is 0 Å². The zero-order chi connectivity index (χ0) is 20.9. The van der Waals surface area contributed by atoms with Crippen LogP contribution in [0.25, 0.3) is 11.5 Å². The van der Waals surface area contributed by atoms with Gasteiger partial charge in [-0.1, -0.05) is 42.1 Å². The van der Waals surface area contributed by atoms with Gasteiger partial charge in [-0.25, -0.2) is 0 Å². The van der Waals surface area contributed by atoms with Crippen molar-refractivity contribution in [3.63, 3.8) is 0 Å². The van der Waals surface area contributed by atoms with E-state index >= 15 is 0 Å². The fraction of sp³-hybridized carbons (Fsp3) is 0.318. The number of benzene rings is 2. The Morgan fingerprint density at radius 2 is 1.90 bits per heavy atom. The molecule has 0 saturated carbocycles. The molecule has 1 aromatic heterocycles. The van der Waals surface area contributed by atoms with Crippen molar-refractivity contribution in [2.45, 2.75) is 11.3 Å². The first kappa shape index (κ1) is 20.4. The van der Waals surface area contributed by atoms with Crippen molar-refractivity contribution in [2.75, 3.05) is 39.5 Å². The number of nitrogens with zero attached hydrogens (tertiary/aromatic N) is 4. The second-order valence-corrected chi connectivity index (χ2v) is 8.09. The molecule has 7 nitrogen and oxygen atoms in total. The number of thioether (sulfide) groups is 1. The molecule has 1 unspecified atom stereocenters. The van der Waals surface area contributed by atoms with Crippen molar-refractivity contribution in [3.05, 3.63) is 60.2 Å². The lowest BCUT2D eigenvalue weighted by molar-refractivity contribution is -0.133. The third-order valence-corrected chi connectivity index (χ3v) is 5.95. The van der Waals surface area contributed by atoms with E-state index in [9.17, 15) is 4.79 Å². The number of carbonyl (C=O) groups excluding carboxylic acids is 1. The second-order valence-electron chi connectivity index (χ2n) is 7.17. The average Bonchev–Trinajstić information content (AvgIpc) is 3.27. The molecule has 1 fully saturated rings. The number of hydrogen-bond acceptors (Lipinski definition) is 7. The SMILES string of the molecule is COc1ccc(-c2nnc(SCC(=O)N3CCN(C)CC3c3ccccc3)o2)cc1. The maximum Gasteiger partial charge on any atom is 0.277 e. The number of carbonyl (C=O) groups is 1. The van der Waals surface area contributed by atoms with Crippen LogP contribution in [-0.4, -0.2) is 65.4 Å². The Balaban J connectivity index is 1.40. The summed E-state index contributed by atoms with van der Waals surface area (Å²) < 4.78 is 10.9. The molecule has 0 radical (unpaired) electrons. The van der Waals surface area contributed by atoms with Gasteiger partial charge in [-0.15, -0.1) is 10.2 Å². The van der Waals surface area contributed by atoms with Gasteiger partial charge in [0.15, 0.2) is 0 Å². The van der Waals surface area contributed by atoms with E-state index in [1.807, 2.05) is 47.4 Å². The summed E-state index contributed by atoms with van der Waals surface area (Å²) in [5, 5.41) is 8.56. The Morgan fingerprint density at radius 1 is 1.13 bits per heavy atom. The van der Waals surface area contributed by atoms with Crippen molar-refractivity contribution >= 4 is 17.7 Å². The topological polar surface area (TPSA) is 71.7 Å². The van der Waals surface area contributed by atoms with E-state index in [1.54, 1.807) is 7.11 Å². The van der Waals surface area contributed by atoms with Gasteiger partial charge in [0, 0.05) is 25.2 Å². The molecule has 1 aliphatic rings. The molecule has 1 atom stereocenters. The maximum absolute atomic E-state index is 13.0. The number of amides is 1. The Hall–Kier alpha value is -2.84. The molecule has 156 valence electrons. The van der Waals surface area contributed by atoms with Crippen LogP contribution in [0.3, 0.4) is 0 Å². The summed E-state index contributed by atoms with van der Waals surface area (Å²) in [7, 11) is 3.71. The number of ether oxygens (including phenoxy) is 1. The van der Waals surface area contributed by atoms with Crippen molar-refractivity contribution in [3.8, 4) is 17.2 Å². The summed E-state index contributed by atoms with van der Waals surface area (Å²) in [6.45, 7) is 2.39. The predicted octanol–water partition coefficient (Wildman–Crippen LogP) is 3.35. The van der Waals surface area contributed by atoms with E-state index in [0.29, 0.717) is 17.7 Å². The Bertz CT molecular complexity index is 978. The van der Waals surface area contributed by atoms with Crippen molar-refractivity contribution in [2.24, 2.45) is 0 Å². The maximum atomic E-state index is 13.0. The fourth-order valence-corrected chi connectivity index (χ4v) is 4.15. The average molecular weight is 425 g/mol. The summed E-state index contributed by atoms with van der Waals surface area (Å²) >= 11 is 1.27. The quantitative estimate of drug-likeness (QED) is 0.562. The van der Waals surface area contributed by atoms with E-state index in [1.165, 1.54) is 11.8 Å². The van der Waals surface area contributed by atoms with Crippen LogP contribution in [0.2, 0.25) is 0 Å². The van der Waals surface area contributed by atoms with Gasteiger partial charge in [0.25, 0.3) is 5.22 Å². The molecule has 30 heavy (non-hydrogen) atoms. The first-order valence-electron chi connectivity index (χ1n) is 9.77. The van der Waals surface area contributed by atoms with Gasteiger partial charge in [0.05, 0.1) is 18.9 Å². The summed E-state index contributed by atoms with van der Waals surface area (Å²) in [6, 6.07) is 17.6. The van der Waals surface area contributed by atoms with Gasteiger partial charge in [-0.3, -0.25) is 4.79 Å². The lowest BCUT2D eigenvalue weighted by atomic mass is 10.0. The highest BCUT2D eigenvalue weighted by atomic mass is 32.2. The van der Waals surface area contributed by atoms with Crippen molar-refractivity contribution in [1.82, 2.24) is 20.0 Å². The Morgan fingerprint density at radius 3 is 2.63 bits per heavy atom. The minimum atomic E-state index is 0.0515. The molecule has 0 spiro atoms. The lowest BCUT2D eigenvalue weighted by Gasteiger charge is -2.40. The van der Waals surface area contributed by atoms with Crippen molar-refractivity contribution in [1.29, 1.82) is 0 Å². The molecule has 0 bridgehead atoms. The highest BCUT2D eigenvalue weighted by Gasteiger charge is 2.30. The van der Waals surface area contributed by atoms with Crippen LogP contribution in [0.5, 0.6) is 5.75 Å². The molecule has 1 saturated heterocycles. The second kappa shape index (κ2) is 9.32. The first-order valence-corrected chi connectivity index (χ1v) is 10.8. The van der Waals surface area contributed by atoms with Gasteiger partial charge in [0.2, 0.25) is 11.8 Å². The van der Waals surface area contributed by atoms with E-state index in [-0.39, 0.29) is 17.7 Å². The highest BCUT2D eigenvalue weighted by Crippen LogP contribution is 2.28. The molecule has 3 aromatic rings. The normalized spacial score (nSPS) is 17.1. The van der Waals surface area contributed by atoms with Crippen LogP contribution in [0.15, 0.2) is 64.2 Å². The monoisotopic (exact) mass is 424 g/mol. The van der Waals surface area contributed by atoms with Crippen LogP contribution in [-0.2, 0) is 4.79 Å². The first-order chi connectivity index (χ1) is 14.6.